The number of nitrogens with zero attached hydrogens (tertiary/aromatic N) is 4. The Kier molecular flexibility index (Phi) is 4.57. The Bertz CT molecular complexity index is 654. The number of carbonyl (C=O) groups is 1. The van der Waals surface area contributed by atoms with Crippen LogP contribution in [0.3, 0.4) is 0 Å². The maximum Gasteiger partial charge on any atom is 0.272 e. The van der Waals surface area contributed by atoms with Crippen molar-refractivity contribution in [1.82, 2.24) is 25.5 Å². The van der Waals surface area contributed by atoms with Crippen LogP contribution in [0.4, 0.5) is 0 Å². The maximum absolute atomic E-state index is 11.9. The van der Waals surface area contributed by atoms with Gasteiger partial charge in [-0.3, -0.25) is 4.79 Å². The zero-order chi connectivity index (χ0) is 16.1. The van der Waals surface area contributed by atoms with Gasteiger partial charge in [-0.05, 0) is 38.3 Å². The lowest BCUT2D eigenvalue weighted by Gasteiger charge is -2.32. The van der Waals surface area contributed by atoms with Crippen molar-refractivity contribution < 1.29 is 9.53 Å². The summed E-state index contributed by atoms with van der Waals surface area (Å²) in [6.45, 7) is 3.11. The number of rotatable bonds is 4. The van der Waals surface area contributed by atoms with Crippen LogP contribution in [-0.4, -0.2) is 32.7 Å². The quantitative estimate of drug-likeness (QED) is 0.922. The Hall–Kier alpha value is -2.41. The molecule has 3 heterocycles. The van der Waals surface area contributed by atoms with Crippen LogP contribution in [-0.2, 0) is 16.9 Å². The second-order valence-corrected chi connectivity index (χ2v) is 5.74. The molecular weight excluding hydrogens is 294 g/mol. The number of hydrogen-bond donors (Lipinski definition) is 1. The van der Waals surface area contributed by atoms with Gasteiger partial charge in [0.2, 0.25) is 0 Å². The van der Waals surface area contributed by atoms with Crippen molar-refractivity contribution in [3.8, 4) is 0 Å². The molecule has 7 nitrogen and oxygen atoms in total. The van der Waals surface area contributed by atoms with Crippen LogP contribution in [0, 0.1) is 0 Å². The van der Waals surface area contributed by atoms with E-state index in [9.17, 15) is 4.79 Å². The molecule has 7 heteroatoms. The van der Waals surface area contributed by atoms with E-state index in [1.807, 2.05) is 6.92 Å². The summed E-state index contributed by atoms with van der Waals surface area (Å²) in [5, 5.41) is 10.2. The second-order valence-electron chi connectivity index (χ2n) is 5.74. The van der Waals surface area contributed by atoms with Crippen molar-refractivity contribution in [2.24, 2.45) is 0 Å². The van der Waals surface area contributed by atoms with E-state index in [0.717, 1.165) is 31.4 Å². The normalized spacial score (nSPS) is 20.9. The van der Waals surface area contributed by atoms with Gasteiger partial charge in [0.1, 0.15) is 5.60 Å². The molecule has 2 aromatic rings. The van der Waals surface area contributed by atoms with Crippen LogP contribution in [0.15, 0.2) is 30.7 Å². The van der Waals surface area contributed by atoms with E-state index >= 15 is 0 Å². The number of nitrogens with one attached hydrogen (secondary N) is 1. The van der Waals surface area contributed by atoms with Gasteiger partial charge in [0, 0.05) is 37.3 Å². The number of ether oxygens (including phenoxy) is 1. The van der Waals surface area contributed by atoms with Gasteiger partial charge in [-0.25, -0.2) is 9.97 Å². The smallest absolute Gasteiger partial charge is 0.272 e. The Morgan fingerprint density at radius 2 is 2.17 bits per heavy atom. The molecule has 0 bridgehead atoms. The SMILES string of the molecule is C[C@]1(c2ncc(CNC(=O)c3cccnn3)cn2)CCCCO1. The topological polar surface area (TPSA) is 89.9 Å². The zero-order valence-electron chi connectivity index (χ0n) is 13.0. The summed E-state index contributed by atoms with van der Waals surface area (Å²) in [6.07, 6.45) is 8.11. The molecule has 0 unspecified atom stereocenters. The average molecular weight is 313 g/mol. The van der Waals surface area contributed by atoms with Crippen molar-refractivity contribution in [2.75, 3.05) is 6.61 Å². The van der Waals surface area contributed by atoms with Crippen LogP contribution in [0.25, 0.3) is 0 Å². The summed E-state index contributed by atoms with van der Waals surface area (Å²) in [4.78, 5) is 20.7. The van der Waals surface area contributed by atoms with Gasteiger partial charge >= 0.3 is 0 Å². The Morgan fingerprint density at radius 3 is 2.83 bits per heavy atom. The third-order valence-corrected chi connectivity index (χ3v) is 3.91. The molecule has 1 atom stereocenters. The Morgan fingerprint density at radius 1 is 1.35 bits per heavy atom. The molecule has 0 spiro atoms. The molecule has 1 aliphatic heterocycles. The summed E-state index contributed by atoms with van der Waals surface area (Å²) < 4.78 is 5.84. The van der Waals surface area contributed by atoms with E-state index in [0.29, 0.717) is 12.4 Å². The third kappa shape index (κ3) is 3.68. The second kappa shape index (κ2) is 6.78. The molecule has 1 N–H and O–H groups in total. The number of amides is 1. The van der Waals surface area contributed by atoms with Crippen molar-refractivity contribution in [3.63, 3.8) is 0 Å². The first kappa shape index (κ1) is 15.5. The van der Waals surface area contributed by atoms with Crippen molar-refractivity contribution in [2.45, 2.75) is 38.3 Å². The van der Waals surface area contributed by atoms with Crippen molar-refractivity contribution >= 4 is 5.91 Å². The minimum Gasteiger partial charge on any atom is -0.367 e. The van der Waals surface area contributed by atoms with Gasteiger partial charge in [-0.15, -0.1) is 5.10 Å². The van der Waals surface area contributed by atoms with Crippen LogP contribution < -0.4 is 5.32 Å². The number of aromatic nitrogens is 4. The molecular formula is C16H19N5O2. The first-order valence-electron chi connectivity index (χ1n) is 7.69. The van der Waals surface area contributed by atoms with Gasteiger partial charge in [0.25, 0.3) is 5.91 Å². The van der Waals surface area contributed by atoms with Crippen molar-refractivity contribution in [1.29, 1.82) is 0 Å². The van der Waals surface area contributed by atoms with E-state index in [1.165, 1.54) is 6.20 Å². The Labute approximate surface area is 134 Å². The molecule has 3 rings (SSSR count). The van der Waals surface area contributed by atoms with E-state index in [-0.39, 0.29) is 11.6 Å². The van der Waals surface area contributed by atoms with Gasteiger partial charge in [0.05, 0.1) is 0 Å². The fourth-order valence-electron chi connectivity index (χ4n) is 2.53. The van der Waals surface area contributed by atoms with Crippen LogP contribution in [0.1, 0.15) is 48.1 Å². The van der Waals surface area contributed by atoms with E-state index in [2.05, 4.69) is 25.5 Å². The highest BCUT2D eigenvalue weighted by atomic mass is 16.5. The number of carbonyl (C=O) groups excluding carboxylic acids is 1. The maximum atomic E-state index is 11.9. The van der Waals surface area contributed by atoms with Gasteiger partial charge in [-0.2, -0.15) is 5.10 Å². The summed E-state index contributed by atoms with van der Waals surface area (Å²) in [6, 6.07) is 3.29. The molecule has 0 aliphatic carbocycles. The lowest BCUT2D eigenvalue weighted by atomic mass is 9.95. The molecule has 120 valence electrons. The van der Waals surface area contributed by atoms with E-state index in [1.54, 1.807) is 24.5 Å². The molecule has 0 aromatic carbocycles. The largest absolute Gasteiger partial charge is 0.367 e. The monoisotopic (exact) mass is 313 g/mol. The summed E-state index contributed by atoms with van der Waals surface area (Å²) in [5.41, 5.74) is 0.707. The minimum atomic E-state index is -0.403. The predicted molar refractivity (Wildman–Crippen MR) is 82.4 cm³/mol. The lowest BCUT2D eigenvalue weighted by molar-refractivity contribution is -0.0760. The number of hydrogen-bond acceptors (Lipinski definition) is 6. The summed E-state index contributed by atoms with van der Waals surface area (Å²) in [7, 11) is 0. The van der Waals surface area contributed by atoms with E-state index in [4.69, 9.17) is 4.74 Å². The van der Waals surface area contributed by atoms with Gasteiger partial charge in [0.15, 0.2) is 11.5 Å². The summed E-state index contributed by atoms with van der Waals surface area (Å²) >= 11 is 0. The molecule has 0 saturated carbocycles. The first-order valence-corrected chi connectivity index (χ1v) is 7.69. The standard InChI is InChI=1S/C16H19N5O2/c1-16(6-2-3-8-23-16)15-18-10-12(11-19-15)9-17-14(22)13-5-4-7-20-21-13/h4-5,7,10-11H,2-3,6,8-9H2,1H3,(H,17,22)/t16-/m1/s1. The van der Waals surface area contributed by atoms with Crippen LogP contribution in [0.2, 0.25) is 0 Å². The first-order chi connectivity index (χ1) is 11.2. The lowest BCUT2D eigenvalue weighted by Crippen LogP contribution is -2.32. The predicted octanol–water partition coefficient (Wildman–Crippen LogP) is 1.61. The molecule has 0 radical (unpaired) electrons. The van der Waals surface area contributed by atoms with Crippen molar-refractivity contribution in [3.05, 3.63) is 47.8 Å². The third-order valence-electron chi connectivity index (χ3n) is 3.91. The molecule has 1 aliphatic rings. The molecule has 1 amide bonds. The fraction of sp³-hybridized carbons (Fsp3) is 0.438. The minimum absolute atomic E-state index is 0.273. The van der Waals surface area contributed by atoms with E-state index < -0.39 is 5.60 Å². The highest BCUT2D eigenvalue weighted by Crippen LogP contribution is 2.32. The molecule has 1 saturated heterocycles. The van der Waals surface area contributed by atoms with Crippen LogP contribution >= 0.6 is 0 Å². The fourth-order valence-corrected chi connectivity index (χ4v) is 2.53. The van der Waals surface area contributed by atoms with Crippen LogP contribution in [0.5, 0.6) is 0 Å². The highest BCUT2D eigenvalue weighted by molar-refractivity contribution is 5.91. The molecule has 23 heavy (non-hydrogen) atoms. The Balaban J connectivity index is 1.60. The molecule has 2 aromatic heterocycles. The van der Waals surface area contributed by atoms with Gasteiger partial charge < -0.3 is 10.1 Å². The average Bonchev–Trinajstić information content (AvgIpc) is 2.61. The highest BCUT2D eigenvalue weighted by Gasteiger charge is 2.32. The zero-order valence-corrected chi connectivity index (χ0v) is 13.0. The summed E-state index contributed by atoms with van der Waals surface area (Å²) in [5.74, 6) is 0.422. The van der Waals surface area contributed by atoms with Gasteiger partial charge in [-0.1, -0.05) is 0 Å². The molecule has 1 fully saturated rings.